The zero-order valence-corrected chi connectivity index (χ0v) is 8.98. The predicted molar refractivity (Wildman–Crippen MR) is 55.5 cm³/mol. The molecule has 15 heavy (non-hydrogen) atoms. The molecule has 0 aromatic rings. The van der Waals surface area contributed by atoms with E-state index in [1.165, 1.54) is 32.3 Å². The summed E-state index contributed by atoms with van der Waals surface area (Å²) in [7, 11) is 2.55. The Morgan fingerprint density at radius 1 is 1.27 bits per heavy atom. The van der Waals surface area contributed by atoms with Crippen LogP contribution in [-0.4, -0.2) is 31.1 Å². The first-order chi connectivity index (χ1) is 7.03. The van der Waals surface area contributed by atoms with Crippen molar-refractivity contribution in [2.24, 2.45) is 0 Å². The molecule has 0 aromatic heterocycles. The molecule has 2 aliphatic rings. The van der Waals surface area contributed by atoms with E-state index in [0.717, 1.165) is 0 Å². The van der Waals surface area contributed by atoms with Crippen molar-refractivity contribution in [1.29, 1.82) is 0 Å². The molecule has 82 valence electrons. The summed E-state index contributed by atoms with van der Waals surface area (Å²) in [5.74, 6) is -2.63. The smallest absolute Gasteiger partial charge is 0.364 e. The van der Waals surface area contributed by atoms with Crippen LogP contribution in [0.2, 0.25) is 0 Å². The van der Waals surface area contributed by atoms with Gasteiger partial charge in [0, 0.05) is 21.1 Å². The van der Waals surface area contributed by atoms with Gasteiger partial charge < -0.3 is 14.6 Å². The molecule has 0 saturated heterocycles. The minimum atomic E-state index is -1.50. The lowest BCUT2D eigenvalue weighted by molar-refractivity contribution is -0.217. The van der Waals surface area contributed by atoms with Crippen LogP contribution in [0.3, 0.4) is 0 Å². The quantitative estimate of drug-likeness (QED) is 0.784. The first kappa shape index (κ1) is 11.7. The van der Waals surface area contributed by atoms with Crippen LogP contribution in [0.4, 0.5) is 0 Å². The fourth-order valence-electron chi connectivity index (χ4n) is 0.934. The van der Waals surface area contributed by atoms with E-state index in [0.29, 0.717) is 0 Å². The molecule has 4 heteroatoms. The molecule has 0 unspecified atom stereocenters. The number of ether oxygens (including phenoxy) is 2. The van der Waals surface area contributed by atoms with Crippen molar-refractivity contribution >= 4 is 5.97 Å². The Balaban J connectivity index is 0.000000158. The maximum atomic E-state index is 10.2. The second-order valence-corrected chi connectivity index (χ2v) is 3.24. The SMILES string of the molecule is COC(C)(OC)C(=O)O.c1cc2cc-2c1. The van der Waals surface area contributed by atoms with Gasteiger partial charge in [-0.1, -0.05) is 18.2 Å². The van der Waals surface area contributed by atoms with Crippen molar-refractivity contribution in [3.63, 3.8) is 0 Å². The van der Waals surface area contributed by atoms with Crippen molar-refractivity contribution in [3.8, 4) is 11.1 Å². The molecule has 2 aliphatic carbocycles. The summed E-state index contributed by atoms with van der Waals surface area (Å²) >= 11 is 0. The molecule has 0 fully saturated rings. The highest BCUT2D eigenvalue weighted by Gasteiger charge is 2.32. The van der Waals surface area contributed by atoms with Gasteiger partial charge in [0.2, 0.25) is 0 Å². The summed E-state index contributed by atoms with van der Waals surface area (Å²) < 4.78 is 9.05. The standard InChI is InChI=1S/C6H4.C5H10O4/c1-2-5-4-6(5)3-1;1-5(8-2,9-3)4(6)7/h1-4H;1-3H3,(H,6,7). The average molecular weight is 210 g/mol. The number of carboxylic acid groups (broad SMARTS) is 1. The minimum Gasteiger partial charge on any atom is -0.477 e. The number of carbonyl (C=O) groups is 1. The molecular weight excluding hydrogens is 196 g/mol. The molecule has 1 N–H and O–H groups in total. The van der Waals surface area contributed by atoms with Gasteiger partial charge in [-0.2, -0.15) is 0 Å². The summed E-state index contributed by atoms with van der Waals surface area (Å²) in [5.41, 5.74) is 2.85. The Morgan fingerprint density at radius 3 is 1.80 bits per heavy atom. The van der Waals surface area contributed by atoms with Crippen LogP contribution in [0.1, 0.15) is 6.92 Å². The van der Waals surface area contributed by atoms with Gasteiger partial charge in [-0.25, -0.2) is 4.79 Å². The van der Waals surface area contributed by atoms with Crippen LogP contribution in [0.25, 0.3) is 11.1 Å². The number of aliphatic carboxylic acids is 1. The van der Waals surface area contributed by atoms with Crippen LogP contribution < -0.4 is 0 Å². The lowest BCUT2D eigenvalue weighted by Gasteiger charge is -2.19. The summed E-state index contributed by atoms with van der Waals surface area (Å²) in [4.78, 5) is 10.2. The average Bonchev–Trinajstić information content (AvgIpc) is 2.85. The first-order valence-corrected chi connectivity index (χ1v) is 4.47. The zero-order chi connectivity index (χ0) is 11.5. The van der Waals surface area contributed by atoms with E-state index in [1.54, 1.807) is 0 Å². The van der Waals surface area contributed by atoms with E-state index in [1.807, 2.05) is 0 Å². The van der Waals surface area contributed by atoms with Gasteiger partial charge in [0.1, 0.15) is 0 Å². The highest BCUT2D eigenvalue weighted by molar-refractivity contribution is 5.80. The van der Waals surface area contributed by atoms with Gasteiger partial charge in [0.05, 0.1) is 0 Å². The van der Waals surface area contributed by atoms with Crippen molar-refractivity contribution < 1.29 is 19.4 Å². The summed E-state index contributed by atoms with van der Waals surface area (Å²) in [6.07, 6.45) is 0. The normalized spacial score (nSPS) is 11.4. The highest BCUT2D eigenvalue weighted by atomic mass is 16.7. The fourth-order valence-corrected chi connectivity index (χ4v) is 0.934. The van der Waals surface area contributed by atoms with E-state index in [4.69, 9.17) is 5.11 Å². The Hall–Kier alpha value is -1.39. The molecule has 0 atom stereocenters. The molecule has 0 aliphatic heterocycles. The molecule has 0 radical (unpaired) electrons. The van der Waals surface area contributed by atoms with Crippen LogP contribution in [0, 0.1) is 0 Å². The predicted octanol–water partition coefficient (Wildman–Crippen LogP) is 1.75. The van der Waals surface area contributed by atoms with E-state index in [2.05, 4.69) is 33.7 Å². The Labute approximate surface area is 88.4 Å². The Morgan fingerprint density at radius 2 is 1.73 bits per heavy atom. The number of carboxylic acids is 1. The minimum absolute atomic E-state index is 1.13. The summed E-state index contributed by atoms with van der Waals surface area (Å²) in [6, 6.07) is 8.48. The number of rotatable bonds is 3. The van der Waals surface area contributed by atoms with Crippen molar-refractivity contribution in [2.45, 2.75) is 12.7 Å². The lowest BCUT2D eigenvalue weighted by atomic mass is 10.3. The third-order valence-corrected chi connectivity index (χ3v) is 2.28. The molecule has 0 aromatic carbocycles. The molecule has 0 bridgehead atoms. The zero-order valence-electron chi connectivity index (χ0n) is 8.98. The van der Waals surface area contributed by atoms with E-state index in [9.17, 15) is 4.79 Å². The van der Waals surface area contributed by atoms with Gasteiger partial charge >= 0.3 is 5.97 Å². The van der Waals surface area contributed by atoms with Crippen molar-refractivity contribution in [2.75, 3.05) is 14.2 Å². The summed E-state index contributed by atoms with van der Waals surface area (Å²) in [5, 5.41) is 8.38. The molecule has 0 amide bonds. The van der Waals surface area contributed by atoms with Crippen LogP contribution in [0.5, 0.6) is 0 Å². The number of hydrogen-bond acceptors (Lipinski definition) is 3. The van der Waals surface area contributed by atoms with Gasteiger partial charge in [-0.15, -0.1) is 0 Å². The van der Waals surface area contributed by atoms with Gasteiger partial charge in [-0.3, -0.25) is 0 Å². The molecule has 0 heterocycles. The Kier molecular flexibility index (Phi) is 3.44. The molecule has 2 rings (SSSR count). The number of benzene rings is 1. The van der Waals surface area contributed by atoms with Crippen molar-refractivity contribution in [1.82, 2.24) is 0 Å². The monoisotopic (exact) mass is 210 g/mol. The lowest BCUT2D eigenvalue weighted by Crippen LogP contribution is -2.39. The molecule has 4 nitrogen and oxygen atoms in total. The number of hydrogen-bond donors (Lipinski definition) is 1. The van der Waals surface area contributed by atoms with Crippen LogP contribution in [-0.2, 0) is 14.3 Å². The molecular formula is C11H14O4. The largest absolute Gasteiger partial charge is 0.477 e. The second-order valence-electron chi connectivity index (χ2n) is 3.24. The first-order valence-electron chi connectivity index (χ1n) is 4.47. The second kappa shape index (κ2) is 4.42. The third kappa shape index (κ3) is 2.78. The summed E-state index contributed by atoms with van der Waals surface area (Å²) in [6.45, 7) is 1.33. The number of fused-ring (bicyclic) bond motifs is 1. The maximum absolute atomic E-state index is 10.2. The Bertz CT molecular complexity index is 338. The highest BCUT2D eigenvalue weighted by Crippen LogP contribution is 2.32. The van der Waals surface area contributed by atoms with Gasteiger partial charge in [0.15, 0.2) is 0 Å². The molecule has 0 saturated carbocycles. The van der Waals surface area contributed by atoms with Crippen molar-refractivity contribution in [3.05, 3.63) is 24.3 Å². The van der Waals surface area contributed by atoms with Gasteiger partial charge in [0.25, 0.3) is 5.79 Å². The molecule has 0 spiro atoms. The van der Waals surface area contributed by atoms with Crippen LogP contribution in [0.15, 0.2) is 24.3 Å². The fraction of sp³-hybridized carbons (Fsp3) is 0.364. The number of methoxy groups -OCH3 is 2. The van der Waals surface area contributed by atoms with E-state index in [-0.39, 0.29) is 0 Å². The van der Waals surface area contributed by atoms with E-state index < -0.39 is 11.8 Å². The van der Waals surface area contributed by atoms with E-state index >= 15 is 0 Å². The third-order valence-electron chi connectivity index (χ3n) is 2.28. The van der Waals surface area contributed by atoms with Gasteiger partial charge in [-0.05, 0) is 17.2 Å². The van der Waals surface area contributed by atoms with Crippen LogP contribution >= 0.6 is 0 Å². The topological polar surface area (TPSA) is 55.8 Å². The maximum Gasteiger partial charge on any atom is 0.364 e.